The van der Waals surface area contributed by atoms with Crippen LogP contribution in [0.1, 0.15) is 18.4 Å². The Hall–Kier alpha value is -3.94. The molecule has 0 amide bonds. The minimum absolute atomic E-state index is 0.464. The lowest BCUT2D eigenvalue weighted by Crippen LogP contribution is -2.26. The fourth-order valence-corrected chi connectivity index (χ4v) is 3.73. The maximum atomic E-state index is 6.17. The van der Waals surface area contributed by atoms with Crippen LogP contribution in [-0.2, 0) is 6.54 Å². The van der Waals surface area contributed by atoms with Crippen LogP contribution in [0.5, 0.6) is 5.75 Å². The largest absolute Gasteiger partial charge is 0.497 e. The second kappa shape index (κ2) is 7.71. The molecular weight excluding hydrogens is 390 g/mol. The Bertz CT molecular complexity index is 1210. The first kappa shape index (κ1) is 19.0. The average Bonchev–Trinajstić information content (AvgIpc) is 3.55. The van der Waals surface area contributed by atoms with Crippen LogP contribution in [0.25, 0.3) is 5.65 Å². The molecular formula is C23H25N7O. The van der Waals surface area contributed by atoms with Crippen LogP contribution < -0.4 is 26.4 Å². The van der Waals surface area contributed by atoms with Crippen molar-refractivity contribution < 1.29 is 4.74 Å². The predicted molar refractivity (Wildman–Crippen MR) is 124 cm³/mol. The highest BCUT2D eigenvalue weighted by Crippen LogP contribution is 2.37. The van der Waals surface area contributed by atoms with Gasteiger partial charge in [-0.1, -0.05) is 18.2 Å². The van der Waals surface area contributed by atoms with Crippen molar-refractivity contribution in [2.45, 2.75) is 25.4 Å². The van der Waals surface area contributed by atoms with Crippen molar-refractivity contribution in [1.82, 2.24) is 14.6 Å². The van der Waals surface area contributed by atoms with Crippen LogP contribution in [-0.4, -0.2) is 27.7 Å². The molecule has 4 aromatic rings. The Labute approximate surface area is 180 Å². The van der Waals surface area contributed by atoms with Gasteiger partial charge in [-0.3, -0.25) is 0 Å². The number of imidazole rings is 1. The summed E-state index contributed by atoms with van der Waals surface area (Å²) in [4.78, 5) is 6.93. The third kappa shape index (κ3) is 3.92. The molecule has 0 spiro atoms. The lowest BCUT2D eigenvalue weighted by atomic mass is 10.2. The summed E-state index contributed by atoms with van der Waals surface area (Å²) in [6, 6.07) is 18.3. The lowest BCUT2D eigenvalue weighted by Gasteiger charge is -2.26. The minimum Gasteiger partial charge on any atom is -0.497 e. The molecule has 0 radical (unpaired) electrons. The zero-order chi connectivity index (χ0) is 21.4. The summed E-state index contributed by atoms with van der Waals surface area (Å²) in [5.74, 6) is 2.02. The highest BCUT2D eigenvalue weighted by molar-refractivity contribution is 5.76. The zero-order valence-electron chi connectivity index (χ0n) is 17.3. The van der Waals surface area contributed by atoms with E-state index >= 15 is 0 Å². The monoisotopic (exact) mass is 415 g/mol. The van der Waals surface area contributed by atoms with Crippen molar-refractivity contribution in [1.29, 1.82) is 0 Å². The smallest absolute Gasteiger partial charge is 0.179 e. The van der Waals surface area contributed by atoms with Crippen LogP contribution in [0.15, 0.2) is 60.8 Å². The molecule has 158 valence electrons. The SMILES string of the molecule is COc1ccc(CN(c2cc(Nc3cccc(N)c3)nn3c(N)cnc23)C2CC2)cc1. The summed E-state index contributed by atoms with van der Waals surface area (Å²) in [5, 5.41) is 8.00. The third-order valence-electron chi connectivity index (χ3n) is 5.44. The normalized spacial score (nSPS) is 13.3. The fraction of sp³-hybridized carbons (Fsp3) is 0.217. The Balaban J connectivity index is 1.54. The van der Waals surface area contributed by atoms with Crippen LogP contribution in [0.2, 0.25) is 0 Å². The van der Waals surface area contributed by atoms with Crippen molar-refractivity contribution in [2.24, 2.45) is 0 Å². The van der Waals surface area contributed by atoms with E-state index in [0.717, 1.165) is 42.2 Å². The number of hydrogen-bond donors (Lipinski definition) is 3. The van der Waals surface area contributed by atoms with E-state index in [9.17, 15) is 0 Å². The van der Waals surface area contributed by atoms with Gasteiger partial charge in [0.2, 0.25) is 0 Å². The summed E-state index contributed by atoms with van der Waals surface area (Å²) in [6.07, 6.45) is 3.95. The van der Waals surface area contributed by atoms with Gasteiger partial charge in [-0.25, -0.2) is 4.98 Å². The molecule has 1 saturated carbocycles. The number of ether oxygens (including phenoxy) is 1. The molecule has 0 bridgehead atoms. The average molecular weight is 416 g/mol. The van der Waals surface area contributed by atoms with Crippen molar-refractivity contribution >= 4 is 34.3 Å². The van der Waals surface area contributed by atoms with Gasteiger partial charge in [0.05, 0.1) is 19.0 Å². The van der Waals surface area contributed by atoms with E-state index in [2.05, 4.69) is 32.4 Å². The van der Waals surface area contributed by atoms with Gasteiger partial charge in [-0.05, 0) is 48.7 Å². The molecule has 0 atom stereocenters. The number of anilines is 5. The van der Waals surface area contributed by atoms with Crippen LogP contribution in [0.3, 0.4) is 0 Å². The predicted octanol–water partition coefficient (Wildman–Crippen LogP) is 3.81. The van der Waals surface area contributed by atoms with Crippen molar-refractivity contribution in [2.75, 3.05) is 28.8 Å². The molecule has 5 rings (SSSR count). The number of methoxy groups -OCH3 is 1. The number of fused-ring (bicyclic) bond motifs is 1. The molecule has 1 aliphatic carbocycles. The number of nitrogens with two attached hydrogens (primary N) is 2. The molecule has 31 heavy (non-hydrogen) atoms. The second-order valence-electron chi connectivity index (χ2n) is 7.79. The van der Waals surface area contributed by atoms with Crippen LogP contribution >= 0.6 is 0 Å². The standard InChI is InChI=1S/C23H25N7O/c1-31-19-9-5-15(6-10-19)14-29(18-7-8-18)20-12-22(27-17-4-2-3-16(24)11-17)28-30-21(25)13-26-23(20)30/h2-6,9-13,18H,7-8,14,24-25H2,1H3,(H,27,28). The molecule has 0 aliphatic heterocycles. The second-order valence-corrected chi connectivity index (χ2v) is 7.79. The topological polar surface area (TPSA) is 107 Å². The maximum Gasteiger partial charge on any atom is 0.179 e. The molecule has 1 aliphatic rings. The van der Waals surface area contributed by atoms with Gasteiger partial charge in [0.1, 0.15) is 11.6 Å². The Morgan fingerprint density at radius 3 is 2.65 bits per heavy atom. The van der Waals surface area contributed by atoms with E-state index in [-0.39, 0.29) is 0 Å². The summed E-state index contributed by atoms with van der Waals surface area (Å²) in [5.41, 5.74) is 16.6. The summed E-state index contributed by atoms with van der Waals surface area (Å²) >= 11 is 0. The van der Waals surface area contributed by atoms with Gasteiger partial charge < -0.3 is 26.4 Å². The number of benzene rings is 2. The highest BCUT2D eigenvalue weighted by atomic mass is 16.5. The maximum absolute atomic E-state index is 6.17. The third-order valence-corrected chi connectivity index (χ3v) is 5.44. The summed E-state index contributed by atoms with van der Waals surface area (Å²) < 4.78 is 6.98. The molecule has 0 saturated heterocycles. The summed E-state index contributed by atoms with van der Waals surface area (Å²) in [7, 11) is 1.68. The zero-order valence-corrected chi connectivity index (χ0v) is 17.3. The number of hydrogen-bond acceptors (Lipinski definition) is 7. The number of aromatic nitrogens is 3. The van der Waals surface area contributed by atoms with Gasteiger partial charge in [0, 0.05) is 30.0 Å². The van der Waals surface area contributed by atoms with E-state index < -0.39 is 0 Å². The quantitative estimate of drug-likeness (QED) is 0.394. The Morgan fingerprint density at radius 2 is 1.94 bits per heavy atom. The van der Waals surface area contributed by atoms with Gasteiger partial charge >= 0.3 is 0 Å². The molecule has 2 heterocycles. The fourth-order valence-electron chi connectivity index (χ4n) is 3.73. The Kier molecular flexibility index (Phi) is 4.74. The van der Waals surface area contributed by atoms with E-state index in [1.807, 2.05) is 42.5 Å². The van der Waals surface area contributed by atoms with Crippen molar-refractivity contribution in [3.63, 3.8) is 0 Å². The van der Waals surface area contributed by atoms with Crippen LogP contribution in [0.4, 0.5) is 28.7 Å². The number of nitrogens with one attached hydrogen (secondary N) is 1. The molecule has 8 nitrogen and oxygen atoms in total. The van der Waals surface area contributed by atoms with Gasteiger partial charge in [-0.15, -0.1) is 5.10 Å². The molecule has 1 fully saturated rings. The van der Waals surface area contributed by atoms with E-state index in [1.165, 1.54) is 5.56 Å². The van der Waals surface area contributed by atoms with Gasteiger partial charge in [-0.2, -0.15) is 4.52 Å². The number of nitrogen functional groups attached to an aromatic ring is 2. The molecule has 8 heteroatoms. The molecule has 0 unspecified atom stereocenters. The number of rotatable bonds is 7. The molecule has 5 N–H and O–H groups in total. The van der Waals surface area contributed by atoms with Gasteiger partial charge in [0.15, 0.2) is 11.5 Å². The number of nitrogens with zero attached hydrogens (tertiary/aromatic N) is 4. The minimum atomic E-state index is 0.464. The van der Waals surface area contributed by atoms with E-state index in [0.29, 0.717) is 23.4 Å². The van der Waals surface area contributed by atoms with Crippen molar-refractivity contribution in [3.05, 3.63) is 66.4 Å². The van der Waals surface area contributed by atoms with Gasteiger partial charge in [0.25, 0.3) is 0 Å². The highest BCUT2D eigenvalue weighted by Gasteiger charge is 2.31. The molecule has 2 aromatic carbocycles. The first-order valence-corrected chi connectivity index (χ1v) is 10.3. The first-order valence-electron chi connectivity index (χ1n) is 10.3. The lowest BCUT2D eigenvalue weighted by molar-refractivity contribution is 0.414. The molecule has 2 aromatic heterocycles. The van der Waals surface area contributed by atoms with E-state index in [4.69, 9.17) is 16.2 Å². The van der Waals surface area contributed by atoms with Crippen molar-refractivity contribution in [3.8, 4) is 5.75 Å². The Morgan fingerprint density at radius 1 is 1.13 bits per heavy atom. The first-order chi connectivity index (χ1) is 15.1. The van der Waals surface area contributed by atoms with E-state index in [1.54, 1.807) is 17.8 Å². The summed E-state index contributed by atoms with van der Waals surface area (Å²) in [6.45, 7) is 0.763. The van der Waals surface area contributed by atoms with Crippen LogP contribution in [0, 0.1) is 0 Å².